The molecular weight excluding hydrogens is 1580 g/mol. The summed E-state index contributed by atoms with van der Waals surface area (Å²) in [5, 5.41) is 59.8. The number of methoxy groups -OCH3 is 4. The predicted molar refractivity (Wildman–Crippen MR) is 493 cm³/mol. The summed E-state index contributed by atoms with van der Waals surface area (Å²) in [5.41, 5.74) is 23.8. The third kappa shape index (κ3) is 17.7. The Labute approximate surface area is 720 Å². The molecule has 0 aliphatic carbocycles. The van der Waals surface area contributed by atoms with Gasteiger partial charge in [-0.25, -0.2) is 39.9 Å². The monoisotopic (exact) mass is 1660 g/mol. The fraction of sp³-hybridized carbons (Fsp3) is 0.0612. The third-order valence-corrected chi connectivity index (χ3v) is 21.4. The van der Waals surface area contributed by atoms with Gasteiger partial charge in [0.2, 0.25) is 0 Å². The van der Waals surface area contributed by atoms with Crippen molar-refractivity contribution in [2.75, 3.05) is 49.7 Å². The molecule has 0 spiro atoms. The van der Waals surface area contributed by atoms with Crippen LogP contribution in [0.1, 0.15) is 28.4 Å². The molecule has 0 unspecified atom stereocenters. The number of benzene rings is 11. The molecule has 20 aromatic rings. The maximum atomic E-state index is 11.6. The summed E-state index contributed by atoms with van der Waals surface area (Å²) < 4.78 is 22.4. The summed E-state index contributed by atoms with van der Waals surface area (Å²) in [7, 11) is 6.59. The quantitative estimate of drug-likeness (QED) is 0.0310. The minimum Gasteiger partial charge on any atom is -0.495 e. The number of nitrogens with zero attached hydrogens (tertiary/aromatic N) is 13. The molecule has 26 nitrogen and oxygen atoms in total. The average Bonchev–Trinajstić information content (AvgIpc) is 1.68. The summed E-state index contributed by atoms with van der Waals surface area (Å²) in [4.78, 5) is 46.9. The number of hydrogen-bond donors (Lipinski definition) is 8. The zero-order chi connectivity index (χ0) is 85.5. The normalized spacial score (nSPS) is 10.8. The fourth-order valence-electron chi connectivity index (χ4n) is 14.3. The maximum Gasteiger partial charge on any atom is 0.186 e. The number of carbonyl (C=O) groups is 1. The predicted octanol–water partition coefficient (Wildman–Crippen LogP) is 22.2. The molecule has 9 heterocycles. The SMILES string of the molecule is COc1ccc(-c2ccccc2)cc1Nc1ncnc2n[nH]c(-c3ccc(C#N)cc3)c12.COc1ccc(-c2ccccc2)cc1Nc1ncnc2n[nH]c(-c3ccc(C(C)=O)cc3)c12.COc1ccc(-c2ccccc2)cc1Nc1ncnc2n[nH]c(-c3ccc(C)cc3)c12.COc1ccc(-c2ccccc2)cc1Nc1ncnc2n[nH]c(-c3ccsc3)c12. The highest BCUT2D eigenvalue weighted by Gasteiger charge is 2.23. The van der Waals surface area contributed by atoms with Crippen molar-refractivity contribution in [3.8, 4) is 119 Å². The van der Waals surface area contributed by atoms with E-state index in [-0.39, 0.29) is 5.78 Å². The second-order valence-electron chi connectivity index (χ2n) is 28.4. The van der Waals surface area contributed by atoms with Gasteiger partial charge in [-0.05, 0) is 130 Å². The lowest BCUT2D eigenvalue weighted by Crippen LogP contribution is -1.99. The van der Waals surface area contributed by atoms with Gasteiger partial charge in [-0.15, -0.1) is 0 Å². The van der Waals surface area contributed by atoms with E-state index in [9.17, 15) is 4.79 Å². The Hall–Kier alpha value is -17.1. The lowest BCUT2D eigenvalue weighted by Gasteiger charge is -2.13. The van der Waals surface area contributed by atoms with Gasteiger partial charge in [0.15, 0.2) is 28.4 Å². The Kier molecular flexibility index (Phi) is 23.8. The molecule has 9 aromatic heterocycles. The van der Waals surface area contributed by atoms with Crippen LogP contribution in [0.15, 0.2) is 309 Å². The molecule has 0 fully saturated rings. The van der Waals surface area contributed by atoms with E-state index in [0.717, 1.165) is 145 Å². The van der Waals surface area contributed by atoms with E-state index >= 15 is 0 Å². The van der Waals surface area contributed by atoms with Crippen LogP contribution in [0.2, 0.25) is 0 Å². The first kappa shape index (κ1) is 80.3. The van der Waals surface area contributed by atoms with Crippen molar-refractivity contribution in [1.82, 2.24) is 80.7 Å². The summed E-state index contributed by atoms with van der Waals surface area (Å²) in [6, 6.07) is 92.0. The smallest absolute Gasteiger partial charge is 0.186 e. The van der Waals surface area contributed by atoms with Crippen molar-refractivity contribution in [1.29, 1.82) is 5.26 Å². The third-order valence-electron chi connectivity index (χ3n) is 20.7. The van der Waals surface area contributed by atoms with Crippen molar-refractivity contribution < 1.29 is 23.7 Å². The van der Waals surface area contributed by atoms with Crippen LogP contribution in [-0.4, -0.2) is 115 Å². The molecule has 0 radical (unpaired) electrons. The number of ether oxygens (including phenoxy) is 4. The number of aromatic nitrogens is 16. The van der Waals surface area contributed by atoms with Crippen molar-refractivity contribution in [2.45, 2.75) is 13.8 Å². The number of rotatable bonds is 21. The molecule has 0 saturated carbocycles. The molecule has 0 saturated heterocycles. The van der Waals surface area contributed by atoms with E-state index in [2.05, 4.69) is 205 Å². The van der Waals surface area contributed by atoms with Crippen molar-refractivity contribution >= 4 is 107 Å². The molecule has 11 aromatic carbocycles. The number of H-pyrrole nitrogens is 4. The lowest BCUT2D eigenvalue weighted by molar-refractivity contribution is 0.101. The Bertz CT molecular complexity index is 7220. The Morgan fingerprint density at radius 1 is 0.328 bits per heavy atom. The molecule has 0 bridgehead atoms. The van der Waals surface area contributed by atoms with E-state index in [1.54, 1.807) is 71.0 Å². The van der Waals surface area contributed by atoms with E-state index in [4.69, 9.17) is 24.2 Å². The number of fused-ring (bicyclic) bond motifs is 4. The molecule has 0 amide bonds. The molecule has 0 aliphatic rings. The van der Waals surface area contributed by atoms with E-state index in [1.165, 1.54) is 30.9 Å². The Morgan fingerprint density at radius 3 is 0.880 bits per heavy atom. The topological polar surface area (TPSA) is 344 Å². The van der Waals surface area contributed by atoms with Crippen molar-refractivity contribution in [2.24, 2.45) is 0 Å². The lowest BCUT2D eigenvalue weighted by atomic mass is 10.0. The summed E-state index contributed by atoms with van der Waals surface area (Å²) in [6.07, 6.45) is 5.97. The second-order valence-corrected chi connectivity index (χ2v) is 29.2. The first-order chi connectivity index (χ1) is 61.5. The summed E-state index contributed by atoms with van der Waals surface area (Å²) >= 11 is 1.63. The van der Waals surface area contributed by atoms with Crippen LogP contribution in [0.4, 0.5) is 46.0 Å². The fourth-order valence-corrected chi connectivity index (χ4v) is 15.0. The van der Waals surface area contributed by atoms with Crippen molar-refractivity contribution in [3.05, 3.63) is 326 Å². The molecule has 0 aliphatic heterocycles. The van der Waals surface area contributed by atoms with E-state index in [0.29, 0.717) is 68.5 Å². The molecule has 20 rings (SSSR count). The van der Waals surface area contributed by atoms with Crippen LogP contribution < -0.4 is 40.2 Å². The highest BCUT2D eigenvalue weighted by atomic mass is 32.1. The number of nitriles is 1. The van der Waals surface area contributed by atoms with Gasteiger partial charge in [-0.2, -0.15) is 37.0 Å². The van der Waals surface area contributed by atoms with Gasteiger partial charge in [0, 0.05) is 33.2 Å². The van der Waals surface area contributed by atoms with Crippen LogP contribution in [0, 0.1) is 18.3 Å². The first-order valence-corrected chi connectivity index (χ1v) is 40.4. The minimum absolute atomic E-state index is 0.0205. The van der Waals surface area contributed by atoms with Crippen LogP contribution in [-0.2, 0) is 0 Å². The van der Waals surface area contributed by atoms with Gasteiger partial charge in [-0.1, -0.05) is 212 Å². The van der Waals surface area contributed by atoms with Crippen LogP contribution >= 0.6 is 11.3 Å². The number of anilines is 8. The number of ketones is 1. The molecule has 610 valence electrons. The highest BCUT2D eigenvalue weighted by molar-refractivity contribution is 7.08. The van der Waals surface area contributed by atoms with Gasteiger partial charge in [0.25, 0.3) is 0 Å². The number of Topliss-reactive ketones (excluding diaryl/α,β-unsaturated/α-hetero) is 1. The maximum absolute atomic E-state index is 11.6. The number of aromatic amines is 4. The van der Waals surface area contributed by atoms with E-state index < -0.39 is 0 Å². The van der Waals surface area contributed by atoms with Gasteiger partial charge in [0.1, 0.15) is 71.6 Å². The number of carbonyl (C=O) groups excluding carboxylic acids is 1. The molecule has 8 N–H and O–H groups in total. The standard InChI is InChI=1S/C26H21N5O2.C25H18N6O.C25H21N5O.C22H17N5OS/c1-16(32)17-8-10-19(11-9-17)24-23-25(27-15-28-26(23)31-30-24)29-21-14-20(12-13-22(21)33-2)18-6-4-3-5-7-18;1-32-21-12-11-19(17-5-3-2-4-6-17)13-20(21)29-24-22-23(30-31-25(22)28-15-27-24)18-9-7-16(14-26)8-10-18;1-16-8-10-18(11-9-16)23-22-24(26-15-27-25(22)30-29-23)28-20-14-19(12-13-21(20)31-2)17-6-4-3-5-7-17;1-28-18-8-7-15(14-5-3-2-4-6-14)11-17(18)25-21-19-20(16-9-10-29-12-16)26-27-22(19)24-13-23-21/h3-15H,1-2H3,(H2,27,28,29,30,31);2-13,15H,1H3,(H2,27,28,29,30,31);3-15H,1-2H3,(H2,26,27,28,29,30);2-13H,1H3,(H2,23,24,25,26,27). The largest absolute Gasteiger partial charge is 0.495 e. The average molecular weight is 1660 g/mol. The van der Waals surface area contributed by atoms with Crippen LogP contribution in [0.5, 0.6) is 23.0 Å². The number of thiophene rings is 1. The summed E-state index contributed by atoms with van der Waals surface area (Å²) in [6.45, 7) is 3.62. The van der Waals surface area contributed by atoms with Crippen molar-refractivity contribution in [3.63, 3.8) is 0 Å². The van der Waals surface area contributed by atoms with E-state index in [1.807, 2.05) is 169 Å². The highest BCUT2D eigenvalue weighted by Crippen LogP contribution is 2.43. The molecule has 125 heavy (non-hydrogen) atoms. The van der Waals surface area contributed by atoms with Gasteiger partial charge in [0.05, 0.1) is 107 Å². The van der Waals surface area contributed by atoms with Gasteiger partial charge < -0.3 is 40.2 Å². The Morgan fingerprint density at radius 2 is 0.608 bits per heavy atom. The molecule has 0 atom stereocenters. The van der Waals surface area contributed by atoms with Crippen LogP contribution in [0.25, 0.3) is 134 Å². The van der Waals surface area contributed by atoms with Gasteiger partial charge >= 0.3 is 0 Å². The molecular formula is C98H77N21O5S. The Balaban J connectivity index is 0.000000118. The molecule has 27 heteroatoms. The van der Waals surface area contributed by atoms with Crippen LogP contribution in [0.3, 0.4) is 0 Å². The second kappa shape index (κ2) is 37.0. The zero-order valence-corrected chi connectivity index (χ0v) is 69.0. The number of hydrogen-bond acceptors (Lipinski definition) is 23. The summed E-state index contributed by atoms with van der Waals surface area (Å²) in [5.74, 6) is 5.41. The first-order valence-electron chi connectivity index (χ1n) is 39.5. The zero-order valence-electron chi connectivity index (χ0n) is 68.2. The minimum atomic E-state index is 0.0205. The number of nitrogens with one attached hydrogen (secondary N) is 8. The van der Waals surface area contributed by atoms with Gasteiger partial charge in [-0.3, -0.25) is 25.2 Å². The number of aryl methyl sites for hydroxylation is 1.